The molecule has 0 radical (unpaired) electrons. The lowest BCUT2D eigenvalue weighted by atomic mass is 10.1. The van der Waals surface area contributed by atoms with E-state index in [9.17, 15) is 14.9 Å². The van der Waals surface area contributed by atoms with E-state index in [1.807, 2.05) is 18.2 Å². The first kappa shape index (κ1) is 21.6. The van der Waals surface area contributed by atoms with Gasteiger partial charge in [0.25, 0.3) is 0 Å². The number of carbonyl (C=O) groups is 1. The summed E-state index contributed by atoms with van der Waals surface area (Å²) in [7, 11) is 3.15. The van der Waals surface area contributed by atoms with Gasteiger partial charge >= 0.3 is 5.88 Å². The second-order valence-corrected chi connectivity index (χ2v) is 8.05. The molecule has 0 unspecified atom stereocenters. The Morgan fingerprint density at radius 2 is 2.03 bits per heavy atom. The smallest absolute Gasteiger partial charge is 0.433 e. The highest BCUT2D eigenvalue weighted by molar-refractivity contribution is 8.01. The third kappa shape index (κ3) is 5.48. The second kappa shape index (κ2) is 10.1. The fourth-order valence-corrected chi connectivity index (χ4v) is 4.11. The minimum Gasteiger partial charge on any atom is -0.493 e. The van der Waals surface area contributed by atoms with Gasteiger partial charge < -0.3 is 19.2 Å². The summed E-state index contributed by atoms with van der Waals surface area (Å²) < 4.78 is 16.1. The number of amides is 1. The normalized spacial score (nSPS) is 10.6. The fourth-order valence-electron chi connectivity index (χ4n) is 2.47. The number of benzene rings is 1. The van der Waals surface area contributed by atoms with Crippen LogP contribution in [0.3, 0.4) is 0 Å². The average molecular weight is 450 g/mol. The van der Waals surface area contributed by atoms with E-state index in [1.165, 1.54) is 35.2 Å². The summed E-state index contributed by atoms with van der Waals surface area (Å²) in [5, 5.41) is 21.9. The Kier molecular flexibility index (Phi) is 7.25. The minimum atomic E-state index is -0.618. The zero-order chi connectivity index (χ0) is 21.5. The first-order valence-electron chi connectivity index (χ1n) is 8.68. The monoisotopic (exact) mass is 450 g/mol. The van der Waals surface area contributed by atoms with Crippen LogP contribution < -0.4 is 14.8 Å². The predicted molar refractivity (Wildman–Crippen MR) is 111 cm³/mol. The summed E-state index contributed by atoms with van der Waals surface area (Å²) in [5.41, 5.74) is 1.02. The van der Waals surface area contributed by atoms with Crippen molar-refractivity contribution in [2.45, 2.75) is 10.8 Å². The fraction of sp³-hybridized carbons (Fsp3) is 0.278. The lowest BCUT2D eigenvalue weighted by Gasteiger charge is -2.10. The maximum atomic E-state index is 12.1. The second-order valence-electron chi connectivity index (χ2n) is 5.85. The third-order valence-electron chi connectivity index (χ3n) is 3.90. The van der Waals surface area contributed by atoms with E-state index >= 15 is 0 Å². The number of ether oxygens (including phenoxy) is 2. The molecule has 0 aliphatic carbocycles. The van der Waals surface area contributed by atoms with Gasteiger partial charge in [0.2, 0.25) is 5.91 Å². The summed E-state index contributed by atoms with van der Waals surface area (Å²) in [5.74, 6) is 1.26. The zero-order valence-corrected chi connectivity index (χ0v) is 17.7. The molecule has 3 rings (SSSR count). The molecular weight excluding hydrogens is 432 g/mol. The van der Waals surface area contributed by atoms with Crippen LogP contribution in [-0.2, 0) is 11.2 Å². The molecule has 1 aromatic carbocycles. The molecule has 30 heavy (non-hydrogen) atoms. The summed E-state index contributed by atoms with van der Waals surface area (Å²) in [6, 6.07) is 8.35. The molecule has 0 aliphatic heterocycles. The van der Waals surface area contributed by atoms with E-state index in [0.29, 0.717) is 33.8 Å². The van der Waals surface area contributed by atoms with Crippen molar-refractivity contribution in [3.05, 3.63) is 46.0 Å². The van der Waals surface area contributed by atoms with Crippen LogP contribution >= 0.6 is 23.1 Å². The first-order valence-corrected chi connectivity index (χ1v) is 10.5. The van der Waals surface area contributed by atoms with Gasteiger partial charge in [-0.05, 0) is 30.2 Å². The number of rotatable bonds is 10. The molecule has 3 aromatic rings. The Balaban J connectivity index is 1.45. The van der Waals surface area contributed by atoms with Gasteiger partial charge in [0.15, 0.2) is 26.6 Å². The average Bonchev–Trinajstić information content (AvgIpc) is 3.41. The van der Waals surface area contributed by atoms with Crippen molar-refractivity contribution in [2.75, 3.05) is 26.5 Å². The lowest BCUT2D eigenvalue weighted by molar-refractivity contribution is -0.401. The Morgan fingerprint density at radius 1 is 1.23 bits per heavy atom. The van der Waals surface area contributed by atoms with Gasteiger partial charge in [-0.3, -0.25) is 14.9 Å². The van der Waals surface area contributed by atoms with Gasteiger partial charge in [0.05, 0.1) is 26.0 Å². The van der Waals surface area contributed by atoms with Crippen molar-refractivity contribution in [3.8, 4) is 22.3 Å². The molecule has 158 valence electrons. The third-order valence-corrected chi connectivity index (χ3v) is 5.97. The molecule has 0 fully saturated rings. The maximum Gasteiger partial charge on any atom is 0.433 e. The summed E-state index contributed by atoms with van der Waals surface area (Å²) >= 11 is 2.44. The molecule has 2 heterocycles. The van der Waals surface area contributed by atoms with E-state index in [-0.39, 0.29) is 23.3 Å². The topological polar surface area (TPSA) is 130 Å². The molecule has 1 N–H and O–H groups in total. The van der Waals surface area contributed by atoms with Crippen molar-refractivity contribution >= 4 is 34.9 Å². The highest BCUT2D eigenvalue weighted by Gasteiger charge is 2.17. The molecule has 0 bridgehead atoms. The van der Waals surface area contributed by atoms with Gasteiger partial charge in [-0.1, -0.05) is 29.2 Å². The molecule has 0 aliphatic rings. The van der Waals surface area contributed by atoms with Crippen molar-refractivity contribution in [1.29, 1.82) is 0 Å². The van der Waals surface area contributed by atoms with E-state index in [4.69, 9.17) is 13.9 Å². The van der Waals surface area contributed by atoms with Crippen LogP contribution in [0.15, 0.2) is 39.1 Å². The van der Waals surface area contributed by atoms with E-state index in [2.05, 4.69) is 15.5 Å². The Hall–Kier alpha value is -3.12. The van der Waals surface area contributed by atoms with Crippen LogP contribution in [0.5, 0.6) is 11.5 Å². The summed E-state index contributed by atoms with van der Waals surface area (Å²) in [6.45, 7) is 0.478. The largest absolute Gasteiger partial charge is 0.493 e. The molecule has 0 saturated heterocycles. The maximum absolute atomic E-state index is 12.1. The number of nitro groups is 1. The Labute approximate surface area is 179 Å². The van der Waals surface area contributed by atoms with Gasteiger partial charge in [0, 0.05) is 6.54 Å². The highest BCUT2D eigenvalue weighted by Crippen LogP contribution is 2.32. The van der Waals surface area contributed by atoms with Crippen LogP contribution in [0.2, 0.25) is 0 Å². The molecule has 0 saturated carbocycles. The SMILES string of the molecule is COc1ccc(CCNC(=O)CSc2nnc(-c3ccc([N+](=O)[O-])o3)s2)cc1OC. The van der Waals surface area contributed by atoms with Crippen molar-refractivity contribution < 1.29 is 23.6 Å². The first-order chi connectivity index (χ1) is 14.5. The number of carbonyl (C=O) groups excluding carboxylic acids is 1. The van der Waals surface area contributed by atoms with Crippen LogP contribution in [-0.4, -0.2) is 47.5 Å². The van der Waals surface area contributed by atoms with Crippen LogP contribution in [0.4, 0.5) is 5.88 Å². The summed E-state index contributed by atoms with van der Waals surface area (Å²) in [4.78, 5) is 22.1. The van der Waals surface area contributed by atoms with Crippen LogP contribution in [0.25, 0.3) is 10.8 Å². The Bertz CT molecular complexity index is 1040. The summed E-state index contributed by atoms with van der Waals surface area (Å²) in [6.07, 6.45) is 0.650. The number of hydrogen-bond acceptors (Lipinski definition) is 10. The quantitative estimate of drug-likeness (QED) is 0.281. The standard InChI is InChI=1S/C18H18N4O6S2/c1-26-12-4-3-11(9-14(12)27-2)7-8-19-15(23)10-29-18-21-20-17(30-18)13-5-6-16(28-13)22(24)25/h3-6,9H,7-8,10H2,1-2H3,(H,19,23). The number of thioether (sulfide) groups is 1. The van der Waals surface area contributed by atoms with E-state index in [1.54, 1.807) is 14.2 Å². The van der Waals surface area contributed by atoms with E-state index in [0.717, 1.165) is 5.56 Å². The van der Waals surface area contributed by atoms with Gasteiger partial charge in [0.1, 0.15) is 4.92 Å². The number of methoxy groups -OCH3 is 2. The number of aromatic nitrogens is 2. The van der Waals surface area contributed by atoms with E-state index < -0.39 is 4.92 Å². The minimum absolute atomic E-state index is 0.133. The molecule has 10 nitrogen and oxygen atoms in total. The molecule has 2 aromatic heterocycles. The molecule has 12 heteroatoms. The van der Waals surface area contributed by atoms with Crippen molar-refractivity contribution in [3.63, 3.8) is 0 Å². The number of nitrogens with one attached hydrogen (secondary N) is 1. The van der Waals surface area contributed by atoms with Crippen LogP contribution in [0, 0.1) is 10.1 Å². The van der Waals surface area contributed by atoms with Gasteiger partial charge in [-0.15, -0.1) is 10.2 Å². The van der Waals surface area contributed by atoms with Gasteiger partial charge in [-0.25, -0.2) is 0 Å². The van der Waals surface area contributed by atoms with Crippen molar-refractivity contribution in [1.82, 2.24) is 15.5 Å². The molecule has 1 amide bonds. The van der Waals surface area contributed by atoms with Crippen LogP contribution in [0.1, 0.15) is 5.56 Å². The molecule has 0 atom stereocenters. The molecule has 0 spiro atoms. The highest BCUT2D eigenvalue weighted by atomic mass is 32.2. The zero-order valence-electron chi connectivity index (χ0n) is 16.1. The predicted octanol–water partition coefficient (Wildman–Crippen LogP) is 3.17. The Morgan fingerprint density at radius 3 is 2.73 bits per heavy atom. The number of hydrogen-bond donors (Lipinski definition) is 1. The molecular formula is C18H18N4O6S2. The number of nitrogens with zero attached hydrogens (tertiary/aromatic N) is 3. The van der Waals surface area contributed by atoms with Crippen molar-refractivity contribution in [2.24, 2.45) is 0 Å². The lowest BCUT2D eigenvalue weighted by Crippen LogP contribution is -2.27. The van der Waals surface area contributed by atoms with Gasteiger partial charge in [-0.2, -0.15) is 0 Å². The number of furan rings is 1.